The number of piperazine rings is 1. The van der Waals surface area contributed by atoms with Gasteiger partial charge in [0, 0.05) is 39.1 Å². The molecule has 5 nitrogen and oxygen atoms in total. The molecule has 0 bridgehead atoms. The fraction of sp³-hybridized carbons (Fsp3) is 0.600. The van der Waals surface area contributed by atoms with E-state index in [-0.39, 0.29) is 5.91 Å². The van der Waals surface area contributed by atoms with E-state index in [1.54, 1.807) is 0 Å². The molecule has 132 valence electrons. The number of nitrogens with zero attached hydrogens (tertiary/aromatic N) is 3. The summed E-state index contributed by atoms with van der Waals surface area (Å²) < 4.78 is 5.57. The monoisotopic (exact) mass is 339 g/mol. The molecule has 0 N–H and O–H groups in total. The second-order valence-electron chi connectivity index (χ2n) is 7.51. The summed E-state index contributed by atoms with van der Waals surface area (Å²) >= 11 is 0. The number of fused-ring (bicyclic) bond motifs is 1. The van der Waals surface area contributed by atoms with Crippen LogP contribution in [0.1, 0.15) is 36.8 Å². The Kier molecular flexibility index (Phi) is 4.39. The predicted octanol–water partition coefficient (Wildman–Crippen LogP) is 2.35. The molecule has 1 amide bonds. The number of rotatable bonds is 3. The van der Waals surface area contributed by atoms with Crippen molar-refractivity contribution in [2.24, 2.45) is 5.41 Å². The largest absolute Gasteiger partial charge is 0.493 e. The maximum atomic E-state index is 12.8. The van der Waals surface area contributed by atoms with Crippen LogP contribution < -0.4 is 4.74 Å². The first-order valence-electron chi connectivity index (χ1n) is 9.38. The topological polar surface area (TPSA) is 56.6 Å². The molecule has 0 aromatic heterocycles. The van der Waals surface area contributed by atoms with Gasteiger partial charge in [-0.25, -0.2) is 0 Å². The minimum absolute atomic E-state index is 0.0711. The molecule has 0 radical (unpaired) electrons. The number of nitriles is 1. The SMILES string of the molecule is N#CC1(C(=O)N2CCN(Cc3ccc4c(c3)CCO4)CC2)CCCC1. The van der Waals surface area contributed by atoms with Crippen LogP contribution in [0.25, 0.3) is 0 Å². The zero-order valence-corrected chi connectivity index (χ0v) is 14.7. The molecule has 2 heterocycles. The minimum atomic E-state index is -0.734. The van der Waals surface area contributed by atoms with E-state index in [0.717, 1.165) is 77.2 Å². The van der Waals surface area contributed by atoms with Crippen molar-refractivity contribution in [1.29, 1.82) is 5.26 Å². The summed E-state index contributed by atoms with van der Waals surface area (Å²) in [5.74, 6) is 1.10. The molecule has 0 atom stereocenters. The summed E-state index contributed by atoms with van der Waals surface area (Å²) in [4.78, 5) is 17.1. The van der Waals surface area contributed by atoms with Gasteiger partial charge in [0.2, 0.25) is 5.91 Å². The highest BCUT2D eigenvalue weighted by Gasteiger charge is 2.44. The first kappa shape index (κ1) is 16.4. The van der Waals surface area contributed by atoms with Gasteiger partial charge in [0.05, 0.1) is 12.7 Å². The van der Waals surface area contributed by atoms with E-state index < -0.39 is 5.41 Å². The smallest absolute Gasteiger partial charge is 0.243 e. The van der Waals surface area contributed by atoms with E-state index in [2.05, 4.69) is 29.2 Å². The van der Waals surface area contributed by atoms with E-state index >= 15 is 0 Å². The highest BCUT2D eigenvalue weighted by Crippen LogP contribution is 2.39. The molecule has 0 unspecified atom stereocenters. The molecule has 1 aromatic carbocycles. The van der Waals surface area contributed by atoms with Gasteiger partial charge in [-0.3, -0.25) is 9.69 Å². The average molecular weight is 339 g/mol. The molecular weight excluding hydrogens is 314 g/mol. The van der Waals surface area contributed by atoms with Crippen molar-refractivity contribution in [2.45, 2.75) is 38.6 Å². The van der Waals surface area contributed by atoms with Gasteiger partial charge in [0.1, 0.15) is 11.2 Å². The molecule has 1 aliphatic carbocycles. The molecule has 5 heteroatoms. The average Bonchev–Trinajstić information content (AvgIpc) is 3.31. The number of benzene rings is 1. The van der Waals surface area contributed by atoms with E-state index in [9.17, 15) is 10.1 Å². The summed E-state index contributed by atoms with van der Waals surface area (Å²) in [5.41, 5.74) is 1.89. The minimum Gasteiger partial charge on any atom is -0.493 e. The molecule has 3 aliphatic rings. The van der Waals surface area contributed by atoms with Crippen LogP contribution in [-0.4, -0.2) is 48.5 Å². The van der Waals surface area contributed by atoms with Gasteiger partial charge in [0.25, 0.3) is 0 Å². The summed E-state index contributed by atoms with van der Waals surface area (Å²) in [6, 6.07) is 8.81. The third kappa shape index (κ3) is 3.11. The summed E-state index contributed by atoms with van der Waals surface area (Å²) in [6.07, 6.45) is 4.48. The highest BCUT2D eigenvalue weighted by atomic mass is 16.5. The maximum Gasteiger partial charge on any atom is 0.243 e. The van der Waals surface area contributed by atoms with E-state index in [4.69, 9.17) is 4.74 Å². The maximum absolute atomic E-state index is 12.8. The number of hydrogen-bond acceptors (Lipinski definition) is 4. The van der Waals surface area contributed by atoms with Crippen LogP contribution in [0, 0.1) is 16.7 Å². The van der Waals surface area contributed by atoms with Gasteiger partial charge in [-0.15, -0.1) is 0 Å². The van der Waals surface area contributed by atoms with Crippen LogP contribution >= 0.6 is 0 Å². The highest BCUT2D eigenvalue weighted by molar-refractivity contribution is 5.86. The van der Waals surface area contributed by atoms with Gasteiger partial charge >= 0.3 is 0 Å². The van der Waals surface area contributed by atoms with Gasteiger partial charge in [0.15, 0.2) is 0 Å². The molecule has 1 aromatic rings. The van der Waals surface area contributed by atoms with E-state index in [1.165, 1.54) is 11.1 Å². The zero-order valence-electron chi connectivity index (χ0n) is 14.7. The van der Waals surface area contributed by atoms with E-state index in [0.29, 0.717) is 0 Å². The second kappa shape index (κ2) is 6.68. The third-order valence-corrected chi connectivity index (χ3v) is 5.90. The summed E-state index contributed by atoms with van der Waals surface area (Å²) in [6.45, 7) is 4.92. The molecule has 2 fully saturated rings. The van der Waals surface area contributed by atoms with Crippen LogP contribution in [0.5, 0.6) is 5.75 Å². The standard InChI is InChI=1S/C20H25N3O2/c21-15-20(6-1-2-7-20)19(24)23-10-8-22(9-11-23)14-16-3-4-18-17(13-16)5-12-25-18/h3-4,13H,1-2,5-12,14H2. The Morgan fingerprint density at radius 3 is 2.68 bits per heavy atom. The molecule has 25 heavy (non-hydrogen) atoms. The Hall–Kier alpha value is -2.06. The summed E-state index contributed by atoms with van der Waals surface area (Å²) in [5, 5.41) is 9.52. The Balaban J connectivity index is 1.34. The second-order valence-corrected chi connectivity index (χ2v) is 7.51. The van der Waals surface area contributed by atoms with Crippen LogP contribution in [0.2, 0.25) is 0 Å². The van der Waals surface area contributed by atoms with Crippen molar-refractivity contribution in [3.8, 4) is 11.8 Å². The lowest BCUT2D eigenvalue weighted by molar-refractivity contribution is -0.140. The van der Waals surface area contributed by atoms with Crippen molar-refractivity contribution in [3.05, 3.63) is 29.3 Å². The Morgan fingerprint density at radius 1 is 1.20 bits per heavy atom. The Morgan fingerprint density at radius 2 is 1.96 bits per heavy atom. The number of hydrogen-bond donors (Lipinski definition) is 0. The molecule has 4 rings (SSSR count). The normalized spacial score (nSPS) is 22.3. The van der Waals surface area contributed by atoms with Gasteiger partial charge < -0.3 is 9.64 Å². The van der Waals surface area contributed by atoms with Crippen molar-refractivity contribution in [3.63, 3.8) is 0 Å². The number of amides is 1. The lowest BCUT2D eigenvalue weighted by Gasteiger charge is -2.37. The van der Waals surface area contributed by atoms with Crippen LogP contribution in [0.15, 0.2) is 18.2 Å². The zero-order chi connectivity index (χ0) is 17.3. The van der Waals surface area contributed by atoms with Crippen LogP contribution in [0.3, 0.4) is 0 Å². The fourth-order valence-electron chi connectivity index (χ4n) is 4.36. The number of ether oxygens (including phenoxy) is 1. The van der Waals surface area contributed by atoms with Crippen LogP contribution in [-0.2, 0) is 17.8 Å². The van der Waals surface area contributed by atoms with Crippen molar-refractivity contribution < 1.29 is 9.53 Å². The van der Waals surface area contributed by atoms with E-state index in [1.807, 2.05) is 4.90 Å². The third-order valence-electron chi connectivity index (χ3n) is 5.90. The molecule has 1 saturated carbocycles. The van der Waals surface area contributed by atoms with Crippen molar-refractivity contribution >= 4 is 5.91 Å². The lowest BCUT2D eigenvalue weighted by atomic mass is 9.86. The first-order valence-corrected chi connectivity index (χ1v) is 9.38. The van der Waals surface area contributed by atoms with Crippen molar-refractivity contribution in [1.82, 2.24) is 9.80 Å². The van der Waals surface area contributed by atoms with Crippen LogP contribution in [0.4, 0.5) is 0 Å². The summed E-state index contributed by atoms with van der Waals surface area (Å²) in [7, 11) is 0. The molecule has 1 saturated heterocycles. The molecule has 2 aliphatic heterocycles. The first-order chi connectivity index (χ1) is 12.2. The molecular formula is C20H25N3O2. The number of carbonyl (C=O) groups excluding carboxylic acids is 1. The quantitative estimate of drug-likeness (QED) is 0.848. The Labute approximate surface area is 149 Å². The predicted molar refractivity (Wildman–Crippen MR) is 94.0 cm³/mol. The Bertz CT molecular complexity index is 695. The lowest BCUT2D eigenvalue weighted by Crippen LogP contribution is -2.52. The van der Waals surface area contributed by atoms with Gasteiger partial charge in [-0.1, -0.05) is 25.0 Å². The fourth-order valence-corrected chi connectivity index (χ4v) is 4.36. The van der Waals surface area contributed by atoms with Gasteiger partial charge in [-0.2, -0.15) is 5.26 Å². The number of carbonyl (C=O) groups is 1. The molecule has 0 spiro atoms. The van der Waals surface area contributed by atoms with Crippen molar-refractivity contribution in [2.75, 3.05) is 32.8 Å². The van der Waals surface area contributed by atoms with Gasteiger partial charge in [-0.05, 0) is 30.0 Å².